The van der Waals surface area contributed by atoms with Gasteiger partial charge in [0.15, 0.2) is 11.5 Å². The number of unbranched alkanes of at least 4 members (excludes halogenated alkanes) is 6. The summed E-state index contributed by atoms with van der Waals surface area (Å²) >= 11 is 0. The molecule has 0 aliphatic rings. The fourth-order valence-corrected chi connectivity index (χ4v) is 2.76. The number of rotatable bonds is 13. The van der Waals surface area contributed by atoms with Crippen molar-refractivity contribution in [3.8, 4) is 11.5 Å². The zero-order chi connectivity index (χ0) is 18.7. The largest absolute Gasteiger partial charge is 0.493 e. The van der Waals surface area contributed by atoms with Gasteiger partial charge in [0.25, 0.3) is 5.69 Å². The highest BCUT2D eigenvalue weighted by molar-refractivity contribution is 5.66. The molecule has 0 radical (unpaired) electrons. The van der Waals surface area contributed by atoms with Crippen LogP contribution in [0.3, 0.4) is 0 Å². The predicted molar refractivity (Wildman–Crippen MR) is 94.5 cm³/mol. The van der Waals surface area contributed by atoms with E-state index in [2.05, 4.69) is 0 Å². The van der Waals surface area contributed by atoms with Crippen molar-refractivity contribution in [2.45, 2.75) is 57.8 Å². The van der Waals surface area contributed by atoms with Gasteiger partial charge in [-0.2, -0.15) is 0 Å². The molecule has 0 amide bonds. The van der Waals surface area contributed by atoms with Gasteiger partial charge in [0.1, 0.15) is 0 Å². The lowest BCUT2D eigenvalue weighted by atomic mass is 10.0. The monoisotopic (exact) mass is 353 g/mol. The summed E-state index contributed by atoms with van der Waals surface area (Å²) in [5.74, 6) is 0.123. The highest BCUT2D eigenvalue weighted by atomic mass is 16.6. The lowest BCUT2D eigenvalue weighted by Gasteiger charge is -2.10. The van der Waals surface area contributed by atoms with Gasteiger partial charge >= 0.3 is 5.97 Å². The Kier molecular flexibility index (Phi) is 9.36. The molecule has 0 aromatic heterocycles. The first-order valence-electron chi connectivity index (χ1n) is 8.60. The highest BCUT2D eigenvalue weighted by Crippen LogP contribution is 2.35. The minimum Gasteiger partial charge on any atom is -0.493 e. The van der Waals surface area contributed by atoms with Crippen molar-refractivity contribution < 1.29 is 24.3 Å². The smallest absolute Gasteiger partial charge is 0.303 e. The van der Waals surface area contributed by atoms with Gasteiger partial charge in [0.05, 0.1) is 25.2 Å². The average Bonchev–Trinajstić information content (AvgIpc) is 2.59. The Bertz CT molecular complexity index is 573. The molecule has 1 rings (SSSR count). The third-order valence-electron chi connectivity index (χ3n) is 4.12. The van der Waals surface area contributed by atoms with Crippen molar-refractivity contribution >= 4 is 11.7 Å². The lowest BCUT2D eigenvalue weighted by Crippen LogP contribution is -1.99. The van der Waals surface area contributed by atoms with E-state index in [1.807, 2.05) is 0 Å². The first kappa shape index (κ1) is 20.7. The zero-order valence-corrected chi connectivity index (χ0v) is 15.0. The fraction of sp³-hybridized carbons (Fsp3) is 0.611. The van der Waals surface area contributed by atoms with E-state index in [1.54, 1.807) is 6.07 Å². The second-order valence-electron chi connectivity index (χ2n) is 5.96. The quantitative estimate of drug-likeness (QED) is 0.321. The molecular formula is C18H27NO6. The summed E-state index contributed by atoms with van der Waals surface area (Å²) in [7, 11) is 2.97. The molecule has 0 aliphatic heterocycles. The first-order chi connectivity index (χ1) is 12.0. The van der Waals surface area contributed by atoms with Gasteiger partial charge in [0, 0.05) is 12.0 Å². The van der Waals surface area contributed by atoms with Crippen LogP contribution in [-0.2, 0) is 11.2 Å². The van der Waals surface area contributed by atoms with E-state index in [1.165, 1.54) is 20.3 Å². The molecule has 1 aromatic carbocycles. The number of carboxylic acid groups (broad SMARTS) is 1. The van der Waals surface area contributed by atoms with Crippen molar-refractivity contribution in [3.05, 3.63) is 27.8 Å². The van der Waals surface area contributed by atoms with E-state index in [0.717, 1.165) is 44.9 Å². The van der Waals surface area contributed by atoms with Crippen LogP contribution in [0.1, 0.15) is 56.9 Å². The number of benzene rings is 1. The molecule has 0 saturated carbocycles. The summed E-state index contributed by atoms with van der Waals surface area (Å²) in [5.41, 5.74) is 0.718. The van der Waals surface area contributed by atoms with E-state index in [4.69, 9.17) is 14.6 Å². The number of aliphatic carboxylic acids is 1. The molecule has 0 spiro atoms. The molecule has 0 heterocycles. The first-order valence-corrected chi connectivity index (χ1v) is 8.60. The van der Waals surface area contributed by atoms with Gasteiger partial charge in [-0.3, -0.25) is 14.9 Å². The molecule has 0 atom stereocenters. The SMILES string of the molecule is COc1cc(CCCCCCCCCC(=O)O)c([N+](=O)[O-])cc1OC. The fourth-order valence-electron chi connectivity index (χ4n) is 2.76. The summed E-state index contributed by atoms with van der Waals surface area (Å²) in [6.07, 6.45) is 7.53. The number of hydrogen-bond acceptors (Lipinski definition) is 5. The number of nitro benzene ring substituents is 1. The molecule has 0 saturated heterocycles. The normalized spacial score (nSPS) is 10.5. The Morgan fingerprint density at radius 3 is 2.04 bits per heavy atom. The number of methoxy groups -OCH3 is 2. The minimum absolute atomic E-state index is 0.0614. The summed E-state index contributed by atoms with van der Waals surface area (Å²) in [6.45, 7) is 0. The number of aryl methyl sites for hydroxylation is 1. The molecule has 0 unspecified atom stereocenters. The van der Waals surface area contributed by atoms with E-state index >= 15 is 0 Å². The van der Waals surface area contributed by atoms with Crippen molar-refractivity contribution in [1.82, 2.24) is 0 Å². The topological polar surface area (TPSA) is 98.9 Å². The van der Waals surface area contributed by atoms with Crippen molar-refractivity contribution in [1.29, 1.82) is 0 Å². The zero-order valence-electron chi connectivity index (χ0n) is 15.0. The Balaban J connectivity index is 2.41. The van der Waals surface area contributed by atoms with E-state index in [9.17, 15) is 14.9 Å². The molecule has 7 nitrogen and oxygen atoms in total. The maximum atomic E-state index is 11.2. The molecule has 0 bridgehead atoms. The number of hydrogen-bond donors (Lipinski definition) is 1. The van der Waals surface area contributed by atoms with Gasteiger partial charge in [-0.05, 0) is 25.3 Å². The third-order valence-corrected chi connectivity index (χ3v) is 4.12. The number of carboxylic acids is 1. The number of nitrogens with zero attached hydrogens (tertiary/aromatic N) is 1. The standard InChI is InChI=1S/C18H27NO6/c1-24-16-12-14(15(19(22)23)13-17(16)25-2)10-8-6-4-3-5-7-9-11-18(20)21/h12-13H,3-11H2,1-2H3,(H,20,21). The maximum Gasteiger partial charge on any atom is 0.303 e. The van der Waals surface area contributed by atoms with Crippen LogP contribution >= 0.6 is 0 Å². The number of ether oxygens (including phenoxy) is 2. The van der Waals surface area contributed by atoms with Crippen LogP contribution in [0.4, 0.5) is 5.69 Å². The van der Waals surface area contributed by atoms with Crippen LogP contribution < -0.4 is 9.47 Å². The molecule has 7 heteroatoms. The Hall–Kier alpha value is -2.31. The molecule has 1 aromatic rings. The van der Waals surface area contributed by atoms with Crippen LogP contribution in [0, 0.1) is 10.1 Å². The third kappa shape index (κ3) is 7.41. The van der Waals surface area contributed by atoms with Crippen molar-refractivity contribution in [2.24, 2.45) is 0 Å². The Morgan fingerprint density at radius 1 is 1.00 bits per heavy atom. The van der Waals surface area contributed by atoms with Crippen LogP contribution in [0.2, 0.25) is 0 Å². The van der Waals surface area contributed by atoms with E-state index < -0.39 is 5.97 Å². The van der Waals surface area contributed by atoms with Gasteiger partial charge in [-0.25, -0.2) is 0 Å². The lowest BCUT2D eigenvalue weighted by molar-refractivity contribution is -0.385. The van der Waals surface area contributed by atoms with Gasteiger partial charge in [0.2, 0.25) is 0 Å². The molecular weight excluding hydrogens is 326 g/mol. The second-order valence-corrected chi connectivity index (χ2v) is 5.96. The van der Waals surface area contributed by atoms with Crippen LogP contribution in [0.5, 0.6) is 11.5 Å². The molecule has 0 aliphatic carbocycles. The summed E-state index contributed by atoms with van der Waals surface area (Å²) in [6, 6.07) is 3.10. The van der Waals surface area contributed by atoms with Crippen molar-refractivity contribution in [2.75, 3.05) is 14.2 Å². The van der Waals surface area contributed by atoms with E-state index in [-0.39, 0.29) is 17.0 Å². The minimum atomic E-state index is -0.739. The van der Waals surface area contributed by atoms with Crippen LogP contribution in [0.15, 0.2) is 12.1 Å². The number of nitro groups is 1. The van der Waals surface area contributed by atoms with Gasteiger partial charge < -0.3 is 14.6 Å². The number of carbonyl (C=O) groups is 1. The van der Waals surface area contributed by atoms with Crippen molar-refractivity contribution in [3.63, 3.8) is 0 Å². The average molecular weight is 353 g/mol. The molecule has 1 N–H and O–H groups in total. The highest BCUT2D eigenvalue weighted by Gasteiger charge is 2.18. The maximum absolute atomic E-state index is 11.2. The van der Waals surface area contributed by atoms with E-state index in [0.29, 0.717) is 23.5 Å². The Labute approximate surface area is 148 Å². The Morgan fingerprint density at radius 2 is 1.52 bits per heavy atom. The van der Waals surface area contributed by atoms with Gasteiger partial charge in [-0.15, -0.1) is 0 Å². The molecule has 140 valence electrons. The predicted octanol–water partition coefficient (Wildman–Crippen LogP) is 4.36. The summed E-state index contributed by atoms with van der Waals surface area (Å²) in [5, 5.41) is 19.8. The summed E-state index contributed by atoms with van der Waals surface area (Å²) in [4.78, 5) is 21.3. The summed E-state index contributed by atoms with van der Waals surface area (Å²) < 4.78 is 10.3. The second kappa shape index (κ2) is 11.3. The van der Waals surface area contributed by atoms with Crippen LogP contribution in [0.25, 0.3) is 0 Å². The van der Waals surface area contributed by atoms with Crippen LogP contribution in [-0.4, -0.2) is 30.2 Å². The molecule has 25 heavy (non-hydrogen) atoms. The molecule has 0 fully saturated rings. The van der Waals surface area contributed by atoms with Gasteiger partial charge in [-0.1, -0.05) is 32.1 Å².